The number of alkyl halides is 2. The molecule has 0 aromatic rings. The molecule has 1 atom stereocenters. The summed E-state index contributed by atoms with van der Waals surface area (Å²) in [6.45, 7) is -0.545. The Labute approximate surface area is 88.8 Å². The Morgan fingerprint density at radius 1 is 1.31 bits per heavy atom. The normalized spacial score (nSPS) is 13.5. The van der Waals surface area contributed by atoms with E-state index in [9.17, 15) is 21.8 Å². The minimum absolute atomic E-state index is 0. The van der Waals surface area contributed by atoms with E-state index in [4.69, 9.17) is 0 Å². The largest absolute Gasteiger partial charge is 1.00 e. The van der Waals surface area contributed by atoms with Crippen LogP contribution in [0.25, 0.3) is 0 Å². The Bertz CT molecular complexity index is 208. The van der Waals surface area contributed by atoms with Crippen LogP contribution in [-0.2, 0) is 10.1 Å². The molecule has 0 aliphatic carbocycles. The second-order valence-electron chi connectivity index (χ2n) is 2.51. The maximum Gasteiger partial charge on any atom is 1.00 e. The van der Waals surface area contributed by atoms with Gasteiger partial charge in [0.05, 0.1) is 22.5 Å². The topological polar surface area (TPSA) is 57.2 Å². The molecule has 74 valence electrons. The molecule has 0 amide bonds. The molecule has 3 nitrogen and oxygen atoms in total. The molecule has 0 radical (unpaired) electrons. The second kappa shape index (κ2) is 7.74. The molecule has 0 aliphatic heterocycles. The van der Waals surface area contributed by atoms with Crippen LogP contribution in [0.5, 0.6) is 0 Å². The molecule has 1 unspecified atom stereocenters. The van der Waals surface area contributed by atoms with E-state index in [0.717, 1.165) is 0 Å². The molecular weight excluding hydrogens is 197 g/mol. The monoisotopic (exact) mass is 208 g/mol. The molecule has 0 heterocycles. The smallest absolute Gasteiger partial charge is 0.748 e. The van der Waals surface area contributed by atoms with E-state index < -0.39 is 28.7 Å². The molecule has 0 bridgehead atoms. The van der Waals surface area contributed by atoms with Crippen molar-refractivity contribution in [1.82, 2.24) is 0 Å². The van der Waals surface area contributed by atoms with Gasteiger partial charge in [0.1, 0.15) is 6.17 Å². The van der Waals surface area contributed by atoms with Crippen molar-refractivity contribution < 1.29 is 40.6 Å². The van der Waals surface area contributed by atoms with Crippen LogP contribution < -0.4 is 18.9 Å². The van der Waals surface area contributed by atoms with Crippen molar-refractivity contribution in [2.75, 3.05) is 12.4 Å². The summed E-state index contributed by atoms with van der Waals surface area (Å²) in [7, 11) is -4.48. The Balaban J connectivity index is 0. The number of unbranched alkanes of at least 4 members (excludes halogenated alkanes) is 1. The number of hydrogen-bond acceptors (Lipinski definition) is 3. The number of halogens is 2. The molecule has 0 aromatic carbocycles. The Morgan fingerprint density at radius 3 is 2.23 bits per heavy atom. The van der Waals surface area contributed by atoms with Gasteiger partial charge in [-0.1, -0.05) is 0 Å². The molecule has 0 saturated carbocycles. The molecule has 0 aliphatic rings. The third kappa shape index (κ3) is 12.4. The van der Waals surface area contributed by atoms with E-state index in [-0.39, 0.29) is 38.1 Å². The predicted octanol–water partition coefficient (Wildman–Crippen LogP) is -1.99. The van der Waals surface area contributed by atoms with E-state index in [1.807, 2.05) is 0 Å². The summed E-state index contributed by atoms with van der Waals surface area (Å²) < 4.78 is 54.0. The van der Waals surface area contributed by atoms with Gasteiger partial charge in [-0.15, -0.1) is 0 Å². The summed E-state index contributed by atoms with van der Waals surface area (Å²) >= 11 is 0. The SMILES string of the molecule is O=S(=O)([O-])CC(F)CCCCF.[Li+]. The van der Waals surface area contributed by atoms with E-state index in [0.29, 0.717) is 0 Å². The minimum Gasteiger partial charge on any atom is -0.748 e. The van der Waals surface area contributed by atoms with Crippen molar-refractivity contribution in [3.05, 3.63) is 0 Å². The molecule has 0 aromatic heterocycles. The molecule has 0 fully saturated rings. The Kier molecular flexibility index (Phi) is 9.42. The van der Waals surface area contributed by atoms with Gasteiger partial charge < -0.3 is 4.55 Å². The Morgan fingerprint density at radius 2 is 1.85 bits per heavy atom. The van der Waals surface area contributed by atoms with Crippen LogP contribution in [0, 0.1) is 0 Å². The van der Waals surface area contributed by atoms with Crippen LogP contribution in [-0.4, -0.2) is 31.6 Å². The third-order valence-corrected chi connectivity index (χ3v) is 2.06. The van der Waals surface area contributed by atoms with Gasteiger partial charge in [-0.3, -0.25) is 4.39 Å². The fourth-order valence-corrected chi connectivity index (χ4v) is 1.37. The van der Waals surface area contributed by atoms with Crippen LogP contribution in [0.2, 0.25) is 0 Å². The maximum atomic E-state index is 12.5. The fourth-order valence-electron chi connectivity index (χ4n) is 0.765. The van der Waals surface area contributed by atoms with Gasteiger partial charge in [0, 0.05) is 0 Å². The first kappa shape index (κ1) is 15.8. The van der Waals surface area contributed by atoms with Gasteiger partial charge in [0.15, 0.2) is 0 Å². The predicted molar refractivity (Wildman–Crippen MR) is 39.3 cm³/mol. The quantitative estimate of drug-likeness (QED) is 0.288. The van der Waals surface area contributed by atoms with Gasteiger partial charge >= 0.3 is 18.9 Å². The fraction of sp³-hybridized carbons (Fsp3) is 1.00. The zero-order valence-electron chi connectivity index (χ0n) is 7.50. The van der Waals surface area contributed by atoms with E-state index in [1.165, 1.54) is 0 Å². The van der Waals surface area contributed by atoms with Gasteiger partial charge in [-0.2, -0.15) is 0 Å². The van der Waals surface area contributed by atoms with Crippen LogP contribution in [0.3, 0.4) is 0 Å². The van der Waals surface area contributed by atoms with Crippen LogP contribution in [0.4, 0.5) is 8.78 Å². The molecule has 0 spiro atoms. The van der Waals surface area contributed by atoms with Crippen molar-refractivity contribution in [2.45, 2.75) is 25.4 Å². The molecule has 0 rings (SSSR count). The van der Waals surface area contributed by atoms with Crippen molar-refractivity contribution >= 4 is 10.1 Å². The zero-order chi connectivity index (χ0) is 9.61. The van der Waals surface area contributed by atoms with Crippen LogP contribution >= 0.6 is 0 Å². The van der Waals surface area contributed by atoms with E-state index in [1.54, 1.807) is 0 Å². The first-order valence-electron chi connectivity index (χ1n) is 3.59. The summed E-state index contributed by atoms with van der Waals surface area (Å²) in [4.78, 5) is 0. The van der Waals surface area contributed by atoms with Gasteiger partial charge in [0.2, 0.25) is 0 Å². The summed E-state index contributed by atoms with van der Waals surface area (Å²) in [6, 6.07) is 0. The summed E-state index contributed by atoms with van der Waals surface area (Å²) in [5, 5.41) is 0. The second-order valence-corrected chi connectivity index (χ2v) is 3.96. The average molecular weight is 208 g/mol. The molecule has 7 heteroatoms. The third-order valence-electron chi connectivity index (χ3n) is 1.29. The molecule has 0 saturated heterocycles. The first-order valence-corrected chi connectivity index (χ1v) is 5.17. The van der Waals surface area contributed by atoms with Crippen molar-refractivity contribution in [1.29, 1.82) is 0 Å². The first-order chi connectivity index (χ1) is 5.45. The number of hydrogen-bond donors (Lipinski definition) is 0. The van der Waals surface area contributed by atoms with Crippen molar-refractivity contribution in [2.24, 2.45) is 0 Å². The van der Waals surface area contributed by atoms with E-state index in [2.05, 4.69) is 0 Å². The summed E-state index contributed by atoms with van der Waals surface area (Å²) in [6.07, 6.45) is -1.24. The van der Waals surface area contributed by atoms with Gasteiger partial charge in [-0.25, -0.2) is 12.8 Å². The van der Waals surface area contributed by atoms with Crippen LogP contribution in [0.15, 0.2) is 0 Å². The zero-order valence-corrected chi connectivity index (χ0v) is 8.32. The van der Waals surface area contributed by atoms with Crippen LogP contribution in [0.1, 0.15) is 19.3 Å². The average Bonchev–Trinajstić information content (AvgIpc) is 1.84. The van der Waals surface area contributed by atoms with Crippen molar-refractivity contribution in [3.63, 3.8) is 0 Å². The summed E-state index contributed by atoms with van der Waals surface area (Å²) in [5.41, 5.74) is 0. The molecule has 0 N–H and O–H groups in total. The number of rotatable bonds is 6. The molecule has 13 heavy (non-hydrogen) atoms. The van der Waals surface area contributed by atoms with Crippen molar-refractivity contribution in [3.8, 4) is 0 Å². The molecular formula is C6H11F2LiO3S. The standard InChI is InChI=1S/C6H12F2O3S.Li/c7-4-2-1-3-6(8)5-12(9,10)11;/h6H,1-5H2,(H,9,10,11);/q;+1/p-1. The van der Waals surface area contributed by atoms with Gasteiger partial charge in [-0.05, 0) is 19.3 Å². The Hall–Kier alpha value is 0.367. The maximum absolute atomic E-state index is 12.5. The van der Waals surface area contributed by atoms with E-state index >= 15 is 0 Å². The van der Waals surface area contributed by atoms with Gasteiger partial charge in [0.25, 0.3) is 0 Å². The summed E-state index contributed by atoms with van der Waals surface area (Å²) in [5.74, 6) is -1.00. The minimum atomic E-state index is -4.48.